The monoisotopic (exact) mass is 282 g/mol. The van der Waals surface area contributed by atoms with Gasteiger partial charge >= 0.3 is 6.03 Å². The van der Waals surface area contributed by atoms with E-state index in [1.165, 1.54) is 0 Å². The molecule has 0 radical (unpaired) electrons. The molecule has 1 aromatic carbocycles. The Morgan fingerprint density at radius 3 is 3.00 bits per heavy atom. The molecule has 1 aliphatic heterocycles. The molecule has 1 saturated heterocycles. The summed E-state index contributed by atoms with van der Waals surface area (Å²) >= 11 is 6.11. The molecule has 2 amide bonds. The molecule has 1 aromatic rings. The third-order valence-corrected chi connectivity index (χ3v) is 3.90. The van der Waals surface area contributed by atoms with Crippen LogP contribution in [0.2, 0.25) is 5.02 Å². The quantitative estimate of drug-likeness (QED) is 0.895. The van der Waals surface area contributed by atoms with Crippen LogP contribution in [-0.2, 0) is 0 Å². The zero-order valence-corrected chi connectivity index (χ0v) is 11.7. The Kier molecular flexibility index (Phi) is 4.66. The number of amides is 2. The fourth-order valence-corrected chi connectivity index (χ4v) is 2.76. The average Bonchev–Trinajstić information content (AvgIpc) is 2.87. The number of nitrogens with one attached hydrogen (secondary N) is 1. The van der Waals surface area contributed by atoms with Crippen molar-refractivity contribution < 1.29 is 9.90 Å². The number of benzene rings is 1. The van der Waals surface area contributed by atoms with E-state index in [1.54, 1.807) is 4.90 Å². The van der Waals surface area contributed by atoms with Gasteiger partial charge in [0.1, 0.15) is 0 Å². The molecule has 0 bridgehead atoms. The van der Waals surface area contributed by atoms with E-state index in [2.05, 4.69) is 5.32 Å². The SMILES string of the molecule is CC(NC(=O)N1CCCC1CO)c1ccccc1Cl. The summed E-state index contributed by atoms with van der Waals surface area (Å²) in [6.45, 7) is 2.63. The Morgan fingerprint density at radius 1 is 1.58 bits per heavy atom. The van der Waals surface area contributed by atoms with Gasteiger partial charge in [-0.05, 0) is 31.4 Å². The maximum Gasteiger partial charge on any atom is 0.318 e. The standard InChI is InChI=1S/C14H19ClN2O2/c1-10(12-6-2-3-7-13(12)15)16-14(19)17-8-4-5-11(17)9-18/h2-3,6-7,10-11,18H,4-5,8-9H2,1H3,(H,16,19). The van der Waals surface area contributed by atoms with E-state index < -0.39 is 0 Å². The first-order valence-corrected chi connectivity index (χ1v) is 6.93. The number of rotatable bonds is 3. The predicted octanol–water partition coefficient (Wildman–Crippen LogP) is 2.57. The van der Waals surface area contributed by atoms with Crippen molar-refractivity contribution in [3.05, 3.63) is 34.9 Å². The third-order valence-electron chi connectivity index (χ3n) is 3.56. The van der Waals surface area contributed by atoms with Gasteiger partial charge in [-0.2, -0.15) is 0 Å². The van der Waals surface area contributed by atoms with Gasteiger partial charge in [0.2, 0.25) is 0 Å². The van der Waals surface area contributed by atoms with Crippen molar-refractivity contribution in [2.45, 2.75) is 31.8 Å². The molecular weight excluding hydrogens is 264 g/mol. The van der Waals surface area contributed by atoms with Crippen molar-refractivity contribution in [1.82, 2.24) is 10.2 Å². The number of aliphatic hydroxyl groups excluding tert-OH is 1. The van der Waals surface area contributed by atoms with Crippen LogP contribution in [0.3, 0.4) is 0 Å². The maximum absolute atomic E-state index is 12.2. The molecule has 19 heavy (non-hydrogen) atoms. The Balaban J connectivity index is 2.01. The van der Waals surface area contributed by atoms with E-state index in [0.717, 1.165) is 18.4 Å². The molecule has 5 heteroatoms. The van der Waals surface area contributed by atoms with E-state index in [1.807, 2.05) is 31.2 Å². The Labute approximate surface area is 118 Å². The molecule has 0 saturated carbocycles. The first-order chi connectivity index (χ1) is 9.13. The van der Waals surface area contributed by atoms with Crippen LogP contribution in [-0.4, -0.2) is 35.2 Å². The van der Waals surface area contributed by atoms with Gasteiger partial charge in [-0.15, -0.1) is 0 Å². The van der Waals surface area contributed by atoms with Crippen LogP contribution in [0.15, 0.2) is 24.3 Å². The highest BCUT2D eigenvalue weighted by Gasteiger charge is 2.28. The van der Waals surface area contributed by atoms with Crippen LogP contribution in [0.1, 0.15) is 31.4 Å². The van der Waals surface area contributed by atoms with Crippen LogP contribution in [0.5, 0.6) is 0 Å². The van der Waals surface area contributed by atoms with Gasteiger partial charge in [-0.3, -0.25) is 0 Å². The lowest BCUT2D eigenvalue weighted by molar-refractivity contribution is 0.155. The second kappa shape index (κ2) is 6.26. The van der Waals surface area contributed by atoms with E-state index in [-0.39, 0.29) is 24.7 Å². The van der Waals surface area contributed by atoms with Crippen LogP contribution in [0.4, 0.5) is 4.79 Å². The zero-order valence-electron chi connectivity index (χ0n) is 11.0. The highest BCUT2D eigenvalue weighted by molar-refractivity contribution is 6.31. The normalized spacial score (nSPS) is 20.4. The number of halogens is 1. The average molecular weight is 283 g/mol. The van der Waals surface area contributed by atoms with E-state index in [0.29, 0.717) is 11.6 Å². The van der Waals surface area contributed by atoms with Crippen molar-refractivity contribution >= 4 is 17.6 Å². The maximum atomic E-state index is 12.2. The molecule has 2 rings (SSSR count). The van der Waals surface area contributed by atoms with Gasteiger partial charge in [0.25, 0.3) is 0 Å². The Hall–Kier alpha value is -1.26. The predicted molar refractivity (Wildman–Crippen MR) is 75.2 cm³/mol. The Bertz CT molecular complexity index is 453. The summed E-state index contributed by atoms with van der Waals surface area (Å²) in [5.74, 6) is 0. The largest absolute Gasteiger partial charge is 0.394 e. The van der Waals surface area contributed by atoms with Gasteiger partial charge in [0.15, 0.2) is 0 Å². The second-order valence-electron chi connectivity index (χ2n) is 4.86. The second-order valence-corrected chi connectivity index (χ2v) is 5.27. The molecule has 2 unspecified atom stereocenters. The van der Waals surface area contributed by atoms with Crippen LogP contribution >= 0.6 is 11.6 Å². The summed E-state index contributed by atoms with van der Waals surface area (Å²) < 4.78 is 0. The lowest BCUT2D eigenvalue weighted by Gasteiger charge is -2.26. The zero-order chi connectivity index (χ0) is 13.8. The van der Waals surface area contributed by atoms with Crippen molar-refractivity contribution in [3.63, 3.8) is 0 Å². The van der Waals surface area contributed by atoms with Gasteiger partial charge in [0.05, 0.1) is 18.7 Å². The number of likely N-dealkylation sites (tertiary alicyclic amines) is 1. The van der Waals surface area contributed by atoms with Crippen molar-refractivity contribution in [2.75, 3.05) is 13.2 Å². The lowest BCUT2D eigenvalue weighted by Crippen LogP contribution is -2.44. The minimum atomic E-state index is -0.152. The summed E-state index contributed by atoms with van der Waals surface area (Å²) in [4.78, 5) is 13.9. The third kappa shape index (κ3) is 3.19. The minimum Gasteiger partial charge on any atom is -0.394 e. The highest BCUT2D eigenvalue weighted by atomic mass is 35.5. The number of hydrogen-bond donors (Lipinski definition) is 2. The minimum absolute atomic E-state index is 0.0217. The van der Waals surface area contributed by atoms with Crippen LogP contribution < -0.4 is 5.32 Å². The topological polar surface area (TPSA) is 52.6 Å². The molecule has 1 aliphatic rings. The molecule has 1 fully saturated rings. The lowest BCUT2D eigenvalue weighted by atomic mass is 10.1. The molecule has 2 N–H and O–H groups in total. The van der Waals surface area contributed by atoms with Gasteiger partial charge in [0, 0.05) is 11.6 Å². The van der Waals surface area contributed by atoms with Gasteiger partial charge < -0.3 is 15.3 Å². The molecule has 0 spiro atoms. The number of carbonyl (C=O) groups is 1. The summed E-state index contributed by atoms with van der Waals surface area (Å²) in [5, 5.41) is 12.8. The van der Waals surface area contributed by atoms with E-state index in [9.17, 15) is 9.90 Å². The Morgan fingerprint density at radius 2 is 2.32 bits per heavy atom. The van der Waals surface area contributed by atoms with Crippen LogP contribution in [0.25, 0.3) is 0 Å². The number of nitrogens with zero attached hydrogens (tertiary/aromatic N) is 1. The summed E-state index contributed by atoms with van der Waals surface area (Å²) in [6.07, 6.45) is 1.81. The summed E-state index contributed by atoms with van der Waals surface area (Å²) in [7, 11) is 0. The molecule has 4 nitrogen and oxygen atoms in total. The van der Waals surface area contributed by atoms with Gasteiger partial charge in [-0.25, -0.2) is 4.79 Å². The molecule has 104 valence electrons. The number of carbonyl (C=O) groups excluding carboxylic acids is 1. The summed E-state index contributed by atoms with van der Waals surface area (Å²) in [5.41, 5.74) is 0.900. The fourth-order valence-electron chi connectivity index (χ4n) is 2.47. The molecular formula is C14H19ClN2O2. The van der Waals surface area contributed by atoms with E-state index >= 15 is 0 Å². The van der Waals surface area contributed by atoms with E-state index in [4.69, 9.17) is 11.6 Å². The highest BCUT2D eigenvalue weighted by Crippen LogP contribution is 2.23. The number of urea groups is 1. The molecule has 2 atom stereocenters. The van der Waals surface area contributed by atoms with Crippen LogP contribution in [0, 0.1) is 0 Å². The number of aliphatic hydroxyl groups is 1. The smallest absolute Gasteiger partial charge is 0.318 e. The first kappa shape index (κ1) is 14.2. The molecule has 0 aromatic heterocycles. The summed E-state index contributed by atoms with van der Waals surface area (Å²) in [6, 6.07) is 7.13. The number of hydrogen-bond acceptors (Lipinski definition) is 2. The van der Waals surface area contributed by atoms with Crippen molar-refractivity contribution in [3.8, 4) is 0 Å². The molecule has 1 heterocycles. The van der Waals surface area contributed by atoms with Crippen molar-refractivity contribution in [1.29, 1.82) is 0 Å². The first-order valence-electron chi connectivity index (χ1n) is 6.56. The molecule has 0 aliphatic carbocycles. The fraction of sp³-hybridized carbons (Fsp3) is 0.500. The van der Waals surface area contributed by atoms with Crippen molar-refractivity contribution in [2.24, 2.45) is 0 Å². The van der Waals surface area contributed by atoms with Gasteiger partial charge in [-0.1, -0.05) is 29.8 Å².